The molecule has 13 heteroatoms. The Balaban J connectivity index is 1.31. The average molecular weight is 674 g/mol. The van der Waals surface area contributed by atoms with Crippen LogP contribution in [-0.2, 0) is 14.3 Å². The monoisotopic (exact) mass is 673 g/mol. The Bertz CT molecular complexity index is 1960. The van der Waals surface area contributed by atoms with Gasteiger partial charge in [-0.15, -0.1) is 6.42 Å². The summed E-state index contributed by atoms with van der Waals surface area (Å²) in [5.41, 5.74) is -0.304. The van der Waals surface area contributed by atoms with Crippen molar-refractivity contribution in [3.8, 4) is 35.4 Å². The third kappa shape index (κ3) is 6.86. The highest BCUT2D eigenvalue weighted by Gasteiger charge is 2.35. The van der Waals surface area contributed by atoms with E-state index in [0.29, 0.717) is 37.1 Å². The topological polar surface area (TPSA) is 136 Å². The highest BCUT2D eigenvalue weighted by molar-refractivity contribution is 6.03. The first-order chi connectivity index (χ1) is 23.6. The van der Waals surface area contributed by atoms with Crippen molar-refractivity contribution in [3.63, 3.8) is 0 Å². The maximum Gasteiger partial charge on any atom is 0.410 e. The first-order valence-electron chi connectivity index (χ1n) is 16.3. The molecule has 2 fully saturated rings. The first-order valence-corrected chi connectivity index (χ1v) is 16.3. The Morgan fingerprint density at radius 1 is 1.18 bits per heavy atom. The molecule has 3 unspecified atom stereocenters. The number of piperidine rings is 1. The van der Waals surface area contributed by atoms with Gasteiger partial charge in [-0.2, -0.15) is 9.97 Å². The Morgan fingerprint density at radius 2 is 1.98 bits per heavy atom. The third-order valence-electron chi connectivity index (χ3n) is 9.02. The molecule has 2 aliphatic rings. The number of pyridine rings is 1. The molecule has 4 aromatic rings. The van der Waals surface area contributed by atoms with E-state index >= 15 is 4.39 Å². The molecule has 2 aromatic carbocycles. The fourth-order valence-corrected chi connectivity index (χ4v) is 6.55. The molecular weight excluding hydrogens is 636 g/mol. The lowest BCUT2D eigenvalue weighted by molar-refractivity contribution is -0.182. The minimum absolute atomic E-state index is 0.0320. The van der Waals surface area contributed by atoms with Crippen molar-refractivity contribution in [2.24, 2.45) is 11.8 Å². The fraction of sp³-hybridized carbons (Fsp3) is 0.417. The van der Waals surface area contributed by atoms with Crippen LogP contribution >= 0.6 is 0 Å². The lowest BCUT2D eigenvalue weighted by Crippen LogP contribution is -2.51. The number of nitrogens with one attached hydrogen (secondary N) is 1. The van der Waals surface area contributed by atoms with E-state index in [1.165, 1.54) is 37.6 Å². The number of nitrogens with zero attached hydrogens (tertiary/aromatic N) is 4. The van der Waals surface area contributed by atoms with E-state index in [0.717, 1.165) is 19.3 Å². The number of alkyl carbamates (subject to hydrolysis) is 1. The van der Waals surface area contributed by atoms with Gasteiger partial charge in [-0.05, 0) is 55.2 Å². The van der Waals surface area contributed by atoms with Gasteiger partial charge in [0, 0.05) is 42.6 Å². The Labute approximate surface area is 282 Å². The molecule has 1 aliphatic carbocycles. The van der Waals surface area contributed by atoms with Gasteiger partial charge in [0.15, 0.2) is 5.82 Å². The van der Waals surface area contributed by atoms with Crippen molar-refractivity contribution in [2.45, 2.75) is 64.7 Å². The van der Waals surface area contributed by atoms with Crippen LogP contribution in [0.1, 0.15) is 57.9 Å². The number of hydrogen-bond acceptors (Lipinski definition) is 10. The number of hydrogen-bond donors (Lipinski definition) is 2. The number of methoxy groups -OCH3 is 1. The largest absolute Gasteiger partial charge is 0.508 e. The number of amides is 1. The number of esters is 1. The van der Waals surface area contributed by atoms with Gasteiger partial charge < -0.3 is 29.5 Å². The van der Waals surface area contributed by atoms with Crippen LogP contribution in [0.25, 0.3) is 32.9 Å². The lowest BCUT2D eigenvalue weighted by Gasteiger charge is -2.38. The predicted molar refractivity (Wildman–Crippen MR) is 178 cm³/mol. The summed E-state index contributed by atoms with van der Waals surface area (Å²) in [5, 5.41) is 14.3. The number of terminal acetylenes is 1. The molecule has 3 heterocycles. The van der Waals surface area contributed by atoms with Crippen LogP contribution in [0.15, 0.2) is 30.5 Å². The number of halogens is 2. The number of anilines is 1. The van der Waals surface area contributed by atoms with Crippen molar-refractivity contribution in [3.05, 3.63) is 47.7 Å². The van der Waals surface area contributed by atoms with Gasteiger partial charge in [0.1, 0.15) is 28.6 Å². The second-order valence-corrected chi connectivity index (χ2v) is 12.7. The number of phenols is 1. The number of carbonyl (C=O) groups is 2. The molecular formula is C36H37F2N5O6. The predicted octanol–water partition coefficient (Wildman–Crippen LogP) is 6.23. The third-order valence-corrected chi connectivity index (χ3v) is 9.02. The van der Waals surface area contributed by atoms with Crippen molar-refractivity contribution >= 4 is 39.6 Å². The van der Waals surface area contributed by atoms with Crippen LogP contribution < -0.4 is 15.0 Å². The molecule has 6 rings (SSSR count). The summed E-state index contributed by atoms with van der Waals surface area (Å²) in [6.45, 7) is 4.71. The molecule has 1 aliphatic heterocycles. The number of rotatable bonds is 9. The fourth-order valence-electron chi connectivity index (χ4n) is 6.55. The summed E-state index contributed by atoms with van der Waals surface area (Å²) >= 11 is 0. The summed E-state index contributed by atoms with van der Waals surface area (Å²) in [4.78, 5) is 40.4. The minimum Gasteiger partial charge on any atom is -0.508 e. The molecule has 0 bridgehead atoms. The van der Waals surface area contributed by atoms with Crippen molar-refractivity contribution < 1.29 is 37.7 Å². The molecule has 1 amide bonds. The first kappa shape index (κ1) is 33.6. The van der Waals surface area contributed by atoms with Crippen molar-refractivity contribution in [1.29, 1.82) is 0 Å². The van der Waals surface area contributed by atoms with Gasteiger partial charge in [-0.1, -0.05) is 32.3 Å². The second-order valence-electron chi connectivity index (χ2n) is 12.7. The molecule has 49 heavy (non-hydrogen) atoms. The average Bonchev–Trinajstić information content (AvgIpc) is 3.03. The van der Waals surface area contributed by atoms with Gasteiger partial charge >= 0.3 is 18.1 Å². The van der Waals surface area contributed by atoms with Crippen LogP contribution in [0.4, 0.5) is 19.4 Å². The van der Waals surface area contributed by atoms with E-state index in [-0.39, 0.29) is 69.2 Å². The molecule has 0 radical (unpaired) electrons. The van der Waals surface area contributed by atoms with Crippen LogP contribution in [-0.4, -0.2) is 64.7 Å². The number of carbonyl (C=O) groups excluding carboxylic acids is 2. The summed E-state index contributed by atoms with van der Waals surface area (Å²) in [5.74, 6) is 0.610. The van der Waals surface area contributed by atoms with E-state index in [1.54, 1.807) is 0 Å². The smallest absolute Gasteiger partial charge is 0.410 e. The molecule has 1 saturated carbocycles. The van der Waals surface area contributed by atoms with Gasteiger partial charge in [0.2, 0.25) is 0 Å². The number of phenolic OH excluding ortho intramolecular Hbond substituents is 1. The Kier molecular flexibility index (Phi) is 9.67. The number of benzene rings is 2. The zero-order chi connectivity index (χ0) is 34.8. The van der Waals surface area contributed by atoms with Crippen molar-refractivity contribution in [2.75, 3.05) is 25.1 Å². The quantitative estimate of drug-likeness (QED) is 0.120. The van der Waals surface area contributed by atoms with Crippen LogP contribution in [0.3, 0.4) is 0 Å². The summed E-state index contributed by atoms with van der Waals surface area (Å²) in [7, 11) is 1.36. The second kappa shape index (κ2) is 14.1. The van der Waals surface area contributed by atoms with Crippen LogP contribution in [0, 0.1) is 35.8 Å². The maximum absolute atomic E-state index is 16.5. The number of aromatic nitrogens is 3. The lowest BCUT2D eigenvalue weighted by atomic mass is 9.85. The van der Waals surface area contributed by atoms with E-state index in [4.69, 9.17) is 20.6 Å². The van der Waals surface area contributed by atoms with Gasteiger partial charge in [0.05, 0.1) is 24.1 Å². The van der Waals surface area contributed by atoms with Gasteiger partial charge in [0.25, 0.3) is 6.29 Å². The maximum atomic E-state index is 16.5. The SMILES string of the molecule is C#Cc1c(F)ccc2cc(O)cc(-c3ncc4c(N5CC(C)CC(NC(=O)OC(OC(=O)CCC)C6CCC6)C5)nc(OC)nc4c3F)c12. The number of aromatic hydroxyl groups is 1. The van der Waals surface area contributed by atoms with E-state index < -0.39 is 30.0 Å². The zero-order valence-electron chi connectivity index (χ0n) is 27.5. The van der Waals surface area contributed by atoms with Crippen LogP contribution in [0.5, 0.6) is 11.8 Å². The van der Waals surface area contributed by atoms with E-state index in [9.17, 15) is 19.1 Å². The molecule has 1 saturated heterocycles. The normalized spacial score (nSPS) is 18.4. The summed E-state index contributed by atoms with van der Waals surface area (Å²) in [6.07, 6.45) is 9.51. The molecule has 2 aromatic heterocycles. The standard InChI is InChI=1S/C36H37F2N5O6/c1-5-8-28(45)48-34(20-9-7-10-20)49-36(46)40-22-13-19(3)17-43(18-22)33-26-16-39-31(30(38)32(26)41-35(42-33)47-4)25-15-23(44)14-21-11-12-27(37)24(6-2)29(21)25/h2,11-12,14-16,19-20,22,34,44H,5,7-10,13,17-18H2,1,3-4H3,(H,40,46). The number of ether oxygens (including phenoxy) is 3. The highest BCUT2D eigenvalue weighted by atomic mass is 19.1. The molecule has 0 spiro atoms. The highest BCUT2D eigenvalue weighted by Crippen LogP contribution is 2.39. The molecule has 11 nitrogen and oxygen atoms in total. The summed E-state index contributed by atoms with van der Waals surface area (Å²) in [6, 6.07) is 4.84. The molecule has 256 valence electrons. The van der Waals surface area contributed by atoms with Gasteiger partial charge in [-0.3, -0.25) is 9.78 Å². The van der Waals surface area contributed by atoms with Gasteiger partial charge in [-0.25, -0.2) is 13.6 Å². The van der Waals surface area contributed by atoms with E-state index in [2.05, 4.69) is 26.2 Å². The van der Waals surface area contributed by atoms with E-state index in [1.807, 2.05) is 18.7 Å². The Morgan fingerprint density at radius 3 is 2.67 bits per heavy atom. The molecule has 2 N–H and O–H groups in total. The van der Waals surface area contributed by atoms with Crippen LogP contribution in [0.2, 0.25) is 0 Å². The molecule has 3 atom stereocenters. The number of fused-ring (bicyclic) bond motifs is 2. The van der Waals surface area contributed by atoms with Crippen molar-refractivity contribution in [1.82, 2.24) is 20.3 Å². The summed E-state index contributed by atoms with van der Waals surface area (Å²) < 4.78 is 47.8. The zero-order valence-corrected chi connectivity index (χ0v) is 27.5. The Hall–Kier alpha value is -5.25. The minimum atomic E-state index is -0.944.